The lowest BCUT2D eigenvalue weighted by molar-refractivity contribution is -0.385. The maximum Gasteiger partial charge on any atom is 0.315 e. The van der Waals surface area contributed by atoms with E-state index in [0.717, 1.165) is 10.6 Å². The summed E-state index contributed by atoms with van der Waals surface area (Å²) in [4.78, 5) is 26.7. The van der Waals surface area contributed by atoms with E-state index in [1.54, 1.807) is 5.51 Å². The summed E-state index contributed by atoms with van der Waals surface area (Å²) < 4.78 is 1.41. The molecule has 0 aliphatic rings. The Bertz CT molecular complexity index is 637. The molecule has 0 aromatic carbocycles. The molecule has 0 radical (unpaired) electrons. The van der Waals surface area contributed by atoms with Crippen molar-refractivity contribution < 1.29 is 9.72 Å². The molecule has 0 bridgehead atoms. The fourth-order valence-electron chi connectivity index (χ4n) is 1.57. The first kappa shape index (κ1) is 14.9. The second kappa shape index (κ2) is 6.79. The van der Waals surface area contributed by atoms with Crippen molar-refractivity contribution in [1.82, 2.24) is 25.4 Å². The van der Waals surface area contributed by atoms with Crippen LogP contribution in [0.2, 0.25) is 0 Å². The lowest BCUT2D eigenvalue weighted by Gasteiger charge is -2.06. The van der Waals surface area contributed by atoms with Gasteiger partial charge in [0.05, 0.1) is 29.2 Å². The second-order valence-corrected chi connectivity index (χ2v) is 5.13. The zero-order chi connectivity index (χ0) is 15.2. The molecular weight excluding hydrogens is 296 g/mol. The van der Waals surface area contributed by atoms with Crippen LogP contribution in [0.4, 0.5) is 10.5 Å². The Morgan fingerprint density at radius 3 is 2.95 bits per heavy atom. The average Bonchev–Trinajstić information content (AvgIpc) is 3.06. The fourth-order valence-corrected chi connectivity index (χ4v) is 2.29. The van der Waals surface area contributed by atoms with Crippen molar-refractivity contribution in [3.63, 3.8) is 0 Å². The van der Waals surface area contributed by atoms with E-state index < -0.39 is 4.92 Å². The van der Waals surface area contributed by atoms with Gasteiger partial charge < -0.3 is 10.6 Å². The largest absolute Gasteiger partial charge is 0.336 e. The number of thiazole rings is 1. The first-order valence-corrected chi connectivity index (χ1v) is 7.01. The van der Waals surface area contributed by atoms with Gasteiger partial charge in [0.2, 0.25) is 0 Å². The number of hydrogen-bond donors (Lipinski definition) is 2. The molecule has 21 heavy (non-hydrogen) atoms. The van der Waals surface area contributed by atoms with E-state index in [1.165, 1.54) is 28.4 Å². The van der Waals surface area contributed by atoms with Gasteiger partial charge in [-0.15, -0.1) is 11.3 Å². The molecule has 0 fully saturated rings. The Morgan fingerprint density at radius 1 is 1.52 bits per heavy atom. The van der Waals surface area contributed by atoms with Crippen LogP contribution in [-0.2, 0) is 13.1 Å². The summed E-state index contributed by atoms with van der Waals surface area (Å²) in [6.07, 6.45) is 2.49. The van der Waals surface area contributed by atoms with Crippen molar-refractivity contribution in [2.24, 2.45) is 0 Å². The zero-order valence-corrected chi connectivity index (χ0v) is 12.1. The molecule has 112 valence electrons. The molecule has 2 aromatic rings. The number of amides is 2. The van der Waals surface area contributed by atoms with E-state index in [-0.39, 0.29) is 11.7 Å². The number of urea groups is 1. The van der Waals surface area contributed by atoms with E-state index in [4.69, 9.17) is 0 Å². The van der Waals surface area contributed by atoms with E-state index in [0.29, 0.717) is 19.6 Å². The minimum atomic E-state index is -0.513. The molecule has 0 saturated carbocycles. The van der Waals surface area contributed by atoms with Crippen molar-refractivity contribution >= 4 is 23.1 Å². The molecule has 2 aromatic heterocycles. The van der Waals surface area contributed by atoms with Gasteiger partial charge in [-0.05, 0) is 6.92 Å². The van der Waals surface area contributed by atoms with Crippen LogP contribution in [-0.4, -0.2) is 32.3 Å². The summed E-state index contributed by atoms with van der Waals surface area (Å²) >= 11 is 1.49. The molecule has 0 aliphatic carbocycles. The van der Waals surface area contributed by atoms with Crippen LogP contribution in [0.25, 0.3) is 0 Å². The van der Waals surface area contributed by atoms with Gasteiger partial charge in [-0.25, -0.2) is 9.78 Å². The van der Waals surface area contributed by atoms with Crippen LogP contribution in [0.5, 0.6) is 0 Å². The highest BCUT2D eigenvalue weighted by Gasteiger charge is 2.09. The fraction of sp³-hybridized carbons (Fsp3) is 0.364. The highest BCUT2D eigenvalue weighted by Crippen LogP contribution is 2.11. The number of nitrogens with zero attached hydrogens (tertiary/aromatic N) is 4. The summed E-state index contributed by atoms with van der Waals surface area (Å²) in [5, 5.41) is 19.7. The van der Waals surface area contributed by atoms with Crippen molar-refractivity contribution in [2.75, 3.05) is 6.54 Å². The molecule has 0 aliphatic heterocycles. The summed E-state index contributed by atoms with van der Waals surface area (Å²) in [5.41, 5.74) is 2.57. The Hall–Kier alpha value is -2.49. The Labute approximate surface area is 124 Å². The summed E-state index contributed by atoms with van der Waals surface area (Å²) in [5.74, 6) is 0. The summed E-state index contributed by atoms with van der Waals surface area (Å²) in [6, 6.07) is -0.301. The molecule has 2 heterocycles. The first-order valence-electron chi connectivity index (χ1n) is 6.14. The molecule has 2 amide bonds. The third kappa shape index (κ3) is 4.24. The monoisotopic (exact) mass is 310 g/mol. The second-order valence-electron chi connectivity index (χ2n) is 4.19. The average molecular weight is 310 g/mol. The molecule has 0 atom stereocenters. The molecule has 0 saturated heterocycles. The molecule has 2 rings (SSSR count). The Kier molecular flexibility index (Phi) is 4.82. The third-order valence-electron chi connectivity index (χ3n) is 2.71. The number of hydrogen-bond acceptors (Lipinski definition) is 6. The van der Waals surface area contributed by atoms with Gasteiger partial charge in [0.1, 0.15) is 12.4 Å². The smallest absolute Gasteiger partial charge is 0.315 e. The minimum absolute atomic E-state index is 0.0693. The number of nitro groups is 1. The topological polar surface area (TPSA) is 115 Å². The molecule has 0 spiro atoms. The number of carbonyl (C=O) groups is 1. The highest BCUT2D eigenvalue weighted by atomic mass is 32.1. The lowest BCUT2D eigenvalue weighted by Crippen LogP contribution is -2.36. The molecule has 0 unspecified atom stereocenters. The molecule has 9 nitrogen and oxygen atoms in total. The van der Waals surface area contributed by atoms with Crippen LogP contribution in [0.15, 0.2) is 17.9 Å². The van der Waals surface area contributed by atoms with E-state index >= 15 is 0 Å². The Morgan fingerprint density at radius 2 is 2.33 bits per heavy atom. The lowest BCUT2D eigenvalue weighted by atomic mass is 10.4. The maximum absolute atomic E-state index is 11.6. The van der Waals surface area contributed by atoms with Crippen LogP contribution in [0, 0.1) is 17.0 Å². The number of carbonyl (C=O) groups excluding carboxylic acids is 1. The number of aryl methyl sites for hydroxylation is 1. The van der Waals surface area contributed by atoms with Gasteiger partial charge in [0.15, 0.2) is 0 Å². The predicted molar refractivity (Wildman–Crippen MR) is 76.0 cm³/mol. The van der Waals surface area contributed by atoms with Gasteiger partial charge in [-0.3, -0.25) is 14.8 Å². The van der Waals surface area contributed by atoms with Crippen LogP contribution in [0.3, 0.4) is 0 Å². The van der Waals surface area contributed by atoms with Crippen LogP contribution < -0.4 is 10.6 Å². The minimum Gasteiger partial charge on any atom is -0.336 e. The predicted octanol–water partition coefficient (Wildman–Crippen LogP) is 1.06. The van der Waals surface area contributed by atoms with Crippen LogP contribution in [0.1, 0.15) is 10.6 Å². The summed E-state index contributed by atoms with van der Waals surface area (Å²) in [6.45, 7) is 3.00. The SMILES string of the molecule is Cc1ncsc1CNC(=O)NCCn1cc([N+](=O)[O-])cn1. The first-order chi connectivity index (χ1) is 10.1. The molecule has 2 N–H and O–H groups in total. The van der Waals surface area contributed by atoms with E-state index in [9.17, 15) is 14.9 Å². The van der Waals surface area contributed by atoms with Gasteiger partial charge in [-0.2, -0.15) is 5.10 Å². The number of nitrogens with one attached hydrogen (secondary N) is 2. The van der Waals surface area contributed by atoms with E-state index in [1.807, 2.05) is 6.92 Å². The molecular formula is C11H14N6O3S. The van der Waals surface area contributed by atoms with Gasteiger partial charge in [-0.1, -0.05) is 0 Å². The van der Waals surface area contributed by atoms with Gasteiger partial charge in [0.25, 0.3) is 0 Å². The standard InChI is InChI=1S/C11H14N6O3S/c1-8-10(21-7-14-8)5-13-11(18)12-2-3-16-6-9(4-15-16)17(19)20/h4,6-7H,2-3,5H2,1H3,(H2,12,13,18). The number of aromatic nitrogens is 3. The van der Waals surface area contributed by atoms with Gasteiger partial charge >= 0.3 is 11.7 Å². The van der Waals surface area contributed by atoms with E-state index in [2.05, 4.69) is 20.7 Å². The normalized spacial score (nSPS) is 10.3. The quantitative estimate of drug-likeness (QED) is 0.611. The zero-order valence-electron chi connectivity index (χ0n) is 11.3. The van der Waals surface area contributed by atoms with Crippen molar-refractivity contribution in [3.8, 4) is 0 Å². The number of rotatable bonds is 6. The maximum atomic E-state index is 11.6. The van der Waals surface area contributed by atoms with Crippen molar-refractivity contribution in [1.29, 1.82) is 0 Å². The third-order valence-corrected chi connectivity index (χ3v) is 3.65. The highest BCUT2D eigenvalue weighted by molar-refractivity contribution is 7.09. The summed E-state index contributed by atoms with van der Waals surface area (Å²) in [7, 11) is 0. The van der Waals surface area contributed by atoms with Crippen molar-refractivity contribution in [3.05, 3.63) is 38.6 Å². The molecule has 10 heteroatoms. The Balaban J connectivity index is 1.69. The van der Waals surface area contributed by atoms with Crippen molar-refractivity contribution in [2.45, 2.75) is 20.0 Å². The van der Waals surface area contributed by atoms with Crippen LogP contribution >= 0.6 is 11.3 Å². The van der Waals surface area contributed by atoms with Gasteiger partial charge in [0, 0.05) is 11.4 Å².